The van der Waals surface area contributed by atoms with Crippen LogP contribution in [0.5, 0.6) is 5.75 Å². The van der Waals surface area contributed by atoms with E-state index in [4.69, 9.17) is 21.1 Å². The lowest BCUT2D eigenvalue weighted by Gasteiger charge is -2.38. The number of carbonyl (C=O) groups is 3. The molecule has 2 aromatic carbocycles. The van der Waals surface area contributed by atoms with E-state index in [0.717, 1.165) is 0 Å². The molecule has 1 N–H and O–H groups in total. The Morgan fingerprint density at radius 1 is 1.14 bits per heavy atom. The summed E-state index contributed by atoms with van der Waals surface area (Å²) in [4.78, 5) is 41.7. The molecule has 1 aliphatic rings. The van der Waals surface area contributed by atoms with Crippen LogP contribution < -0.4 is 10.1 Å². The van der Waals surface area contributed by atoms with Gasteiger partial charge < -0.3 is 24.6 Å². The number of likely N-dealkylation sites (N-methyl/N-ethyl adjacent to an activating group) is 1. The van der Waals surface area contributed by atoms with Crippen molar-refractivity contribution in [2.45, 2.75) is 39.3 Å². The number of nitrogens with zero attached hydrogens (tertiary/aromatic N) is 2. The first-order chi connectivity index (χ1) is 17.2. The van der Waals surface area contributed by atoms with Crippen molar-refractivity contribution in [2.75, 3.05) is 26.7 Å². The summed E-state index contributed by atoms with van der Waals surface area (Å²) in [6, 6.07) is 15.2. The van der Waals surface area contributed by atoms with Gasteiger partial charge in [0.25, 0.3) is 5.91 Å². The maximum atomic E-state index is 13.0. The van der Waals surface area contributed by atoms with Gasteiger partial charge in [-0.1, -0.05) is 41.9 Å². The summed E-state index contributed by atoms with van der Waals surface area (Å²) in [5.74, 6) is -0.0512. The van der Waals surface area contributed by atoms with Crippen LogP contribution in [0.4, 0.5) is 4.79 Å². The van der Waals surface area contributed by atoms with E-state index in [1.807, 2.05) is 24.3 Å². The van der Waals surface area contributed by atoms with Crippen LogP contribution in [-0.2, 0) is 14.3 Å². The third kappa shape index (κ3) is 7.01. The van der Waals surface area contributed by atoms with Crippen molar-refractivity contribution in [1.82, 2.24) is 15.1 Å². The van der Waals surface area contributed by atoms with Gasteiger partial charge in [0, 0.05) is 30.9 Å². The van der Waals surface area contributed by atoms with Crippen molar-refractivity contribution < 1.29 is 23.9 Å². The van der Waals surface area contributed by atoms with Crippen LogP contribution in [-0.4, -0.2) is 60.6 Å². The minimum absolute atomic E-state index is 0.0804. The molecule has 0 aromatic heterocycles. The van der Waals surface area contributed by atoms with Gasteiger partial charge in [-0.2, -0.15) is 0 Å². The molecule has 3 amide bonds. The summed E-state index contributed by atoms with van der Waals surface area (Å²) in [6.07, 6.45) is 0.172. The number of ether oxygens (including phenoxy) is 2. The predicted molar refractivity (Wildman–Crippen MR) is 138 cm³/mol. The predicted octanol–water partition coefficient (Wildman–Crippen LogP) is 4.56. The number of hydrogen-bond donors (Lipinski definition) is 1. The highest BCUT2D eigenvalue weighted by Crippen LogP contribution is 2.35. The highest BCUT2D eigenvalue weighted by atomic mass is 35.5. The number of rotatable bonds is 10. The van der Waals surface area contributed by atoms with Crippen LogP contribution in [0.25, 0.3) is 0 Å². The van der Waals surface area contributed by atoms with Gasteiger partial charge >= 0.3 is 12.0 Å². The fourth-order valence-electron chi connectivity index (χ4n) is 3.95. The number of urea groups is 1. The number of amides is 3. The maximum absolute atomic E-state index is 13.0. The Morgan fingerprint density at radius 3 is 2.53 bits per heavy atom. The lowest BCUT2D eigenvalue weighted by atomic mass is 9.93. The number of nitrogens with one attached hydrogen (secondary N) is 1. The molecule has 3 rings (SSSR count). The Bertz CT molecular complexity index is 1120. The molecular formula is C27H32ClN3O5. The number of benzene rings is 2. The van der Waals surface area contributed by atoms with Gasteiger partial charge in [0.1, 0.15) is 5.75 Å². The van der Waals surface area contributed by atoms with E-state index in [-0.39, 0.29) is 24.6 Å². The Kier molecular flexibility index (Phi) is 9.36. The van der Waals surface area contributed by atoms with Crippen molar-refractivity contribution in [1.29, 1.82) is 0 Å². The molecule has 2 aromatic rings. The lowest BCUT2D eigenvalue weighted by molar-refractivity contribution is -0.143. The molecule has 0 saturated carbocycles. The van der Waals surface area contributed by atoms with Crippen LogP contribution in [0.1, 0.15) is 38.8 Å². The van der Waals surface area contributed by atoms with Gasteiger partial charge in [-0.3, -0.25) is 4.79 Å². The molecule has 8 nitrogen and oxygen atoms in total. The molecule has 1 unspecified atom stereocenters. The third-order valence-corrected chi connectivity index (χ3v) is 5.93. The molecular weight excluding hydrogens is 482 g/mol. The van der Waals surface area contributed by atoms with Crippen molar-refractivity contribution in [3.05, 3.63) is 76.5 Å². The molecule has 1 heterocycles. The van der Waals surface area contributed by atoms with Crippen LogP contribution in [0, 0.1) is 0 Å². The molecule has 0 saturated heterocycles. The minimum atomic E-state index is -0.675. The highest BCUT2D eigenvalue weighted by molar-refractivity contribution is 6.30. The van der Waals surface area contributed by atoms with Crippen LogP contribution in [0.3, 0.4) is 0 Å². The molecule has 0 spiro atoms. The van der Waals surface area contributed by atoms with Crippen LogP contribution in [0.15, 0.2) is 65.9 Å². The molecule has 0 bridgehead atoms. The Labute approximate surface area is 216 Å². The number of esters is 1. The summed E-state index contributed by atoms with van der Waals surface area (Å²) in [5.41, 5.74) is 1.50. The number of halogens is 1. The van der Waals surface area contributed by atoms with E-state index in [9.17, 15) is 14.4 Å². The van der Waals surface area contributed by atoms with Crippen LogP contribution in [0.2, 0.25) is 5.02 Å². The van der Waals surface area contributed by atoms with Gasteiger partial charge in [0.15, 0.2) is 6.61 Å². The van der Waals surface area contributed by atoms with E-state index in [2.05, 4.69) is 5.32 Å². The first-order valence-electron chi connectivity index (χ1n) is 11.8. The summed E-state index contributed by atoms with van der Waals surface area (Å²) in [5, 5.41) is 3.28. The normalized spacial score (nSPS) is 15.6. The second kappa shape index (κ2) is 12.4. The highest BCUT2D eigenvalue weighted by Gasteiger charge is 2.38. The molecule has 9 heteroatoms. The summed E-state index contributed by atoms with van der Waals surface area (Å²) in [7, 11) is 1.69. The zero-order valence-corrected chi connectivity index (χ0v) is 21.7. The summed E-state index contributed by atoms with van der Waals surface area (Å²) >= 11 is 6.24. The first-order valence-corrected chi connectivity index (χ1v) is 12.2. The second-order valence-corrected chi connectivity index (χ2v) is 9.28. The van der Waals surface area contributed by atoms with Gasteiger partial charge in [-0.15, -0.1) is 0 Å². The van der Waals surface area contributed by atoms with Crippen molar-refractivity contribution >= 4 is 29.5 Å². The number of allylic oxidation sites excluding steroid dienone is 1. The monoisotopic (exact) mass is 513 g/mol. The summed E-state index contributed by atoms with van der Waals surface area (Å²) < 4.78 is 11.0. The van der Waals surface area contributed by atoms with Crippen LogP contribution >= 0.6 is 11.6 Å². The van der Waals surface area contributed by atoms with Gasteiger partial charge in [-0.25, -0.2) is 9.59 Å². The van der Waals surface area contributed by atoms with Crippen molar-refractivity contribution in [3.63, 3.8) is 0 Å². The molecule has 0 fully saturated rings. The SMILES string of the molecule is CC1=C(C(=O)OC(C)C)C(c2cccc(Cl)c2)N(CCCN(C)C(=O)COc2ccccc2)C(=O)N1. The molecule has 1 aliphatic heterocycles. The second-order valence-electron chi connectivity index (χ2n) is 8.84. The Hall–Kier alpha value is -3.52. The zero-order valence-electron chi connectivity index (χ0n) is 21.0. The standard InChI is InChI=1S/C27H32ClN3O5/c1-18(2)36-26(33)24-19(3)29-27(34)31(25(24)20-10-8-11-21(28)16-20)15-9-14-30(4)23(32)17-35-22-12-6-5-7-13-22/h5-8,10-13,16,18,25H,9,14-15,17H2,1-4H3,(H,29,34). The number of para-hydroxylation sites is 1. The van der Waals surface area contributed by atoms with E-state index in [1.54, 1.807) is 68.0 Å². The van der Waals surface area contributed by atoms with E-state index >= 15 is 0 Å². The van der Waals surface area contributed by atoms with Gasteiger partial charge in [0.2, 0.25) is 0 Å². The molecule has 192 valence electrons. The average molecular weight is 514 g/mol. The zero-order chi connectivity index (χ0) is 26.2. The molecule has 1 atom stereocenters. The minimum Gasteiger partial charge on any atom is -0.484 e. The topological polar surface area (TPSA) is 88.2 Å². The molecule has 0 aliphatic carbocycles. The van der Waals surface area contributed by atoms with Gasteiger partial charge in [0.05, 0.1) is 17.7 Å². The molecule has 36 heavy (non-hydrogen) atoms. The Balaban J connectivity index is 1.72. The first kappa shape index (κ1) is 27.1. The molecule has 0 radical (unpaired) electrons. The number of hydrogen-bond acceptors (Lipinski definition) is 5. The average Bonchev–Trinajstić information content (AvgIpc) is 2.83. The van der Waals surface area contributed by atoms with Gasteiger partial charge in [-0.05, 0) is 57.0 Å². The lowest BCUT2D eigenvalue weighted by Crippen LogP contribution is -2.49. The van der Waals surface area contributed by atoms with Crippen molar-refractivity contribution in [3.8, 4) is 5.75 Å². The third-order valence-electron chi connectivity index (χ3n) is 5.70. The maximum Gasteiger partial charge on any atom is 0.338 e. The fraction of sp³-hybridized carbons (Fsp3) is 0.370. The number of carbonyl (C=O) groups excluding carboxylic acids is 3. The van der Waals surface area contributed by atoms with E-state index in [1.165, 1.54) is 0 Å². The Morgan fingerprint density at radius 2 is 1.86 bits per heavy atom. The van der Waals surface area contributed by atoms with E-state index < -0.39 is 12.0 Å². The fourth-order valence-corrected chi connectivity index (χ4v) is 4.15. The van der Waals surface area contributed by atoms with E-state index in [0.29, 0.717) is 47.1 Å². The summed E-state index contributed by atoms with van der Waals surface area (Å²) in [6.45, 7) is 5.85. The van der Waals surface area contributed by atoms with Crippen molar-refractivity contribution in [2.24, 2.45) is 0 Å². The quantitative estimate of drug-likeness (QED) is 0.470. The smallest absolute Gasteiger partial charge is 0.338 e. The largest absolute Gasteiger partial charge is 0.484 e.